The Morgan fingerprint density at radius 3 is 2.74 bits per heavy atom. The summed E-state index contributed by atoms with van der Waals surface area (Å²) >= 11 is 0. The van der Waals surface area contributed by atoms with Gasteiger partial charge < -0.3 is 20.9 Å². The molecule has 1 unspecified atom stereocenters. The number of hydrogen-bond acceptors (Lipinski definition) is 4. The minimum Gasteiger partial charge on any atom is -0.496 e. The zero-order chi connectivity index (χ0) is 14.4. The summed E-state index contributed by atoms with van der Waals surface area (Å²) < 4.78 is 5.11. The Balaban J connectivity index is 2.65. The van der Waals surface area contributed by atoms with Crippen LogP contribution in [0.2, 0.25) is 0 Å². The van der Waals surface area contributed by atoms with E-state index in [0.29, 0.717) is 29.3 Å². The number of aliphatic hydroxyl groups is 1. The van der Waals surface area contributed by atoms with Crippen molar-refractivity contribution in [1.82, 2.24) is 5.32 Å². The summed E-state index contributed by atoms with van der Waals surface area (Å²) in [5, 5.41) is 12.4. The van der Waals surface area contributed by atoms with Crippen molar-refractivity contribution in [2.75, 3.05) is 19.4 Å². The van der Waals surface area contributed by atoms with Gasteiger partial charge in [-0.25, -0.2) is 0 Å². The number of methoxy groups -OCH3 is 1. The van der Waals surface area contributed by atoms with Crippen molar-refractivity contribution < 1.29 is 14.6 Å². The first-order valence-corrected chi connectivity index (χ1v) is 6.33. The molecule has 1 rings (SSSR count). The van der Waals surface area contributed by atoms with Gasteiger partial charge in [0.2, 0.25) is 0 Å². The van der Waals surface area contributed by atoms with Gasteiger partial charge in [0.1, 0.15) is 5.75 Å². The molecule has 0 aliphatic rings. The molecule has 0 bridgehead atoms. The molecular weight excluding hydrogens is 244 g/mol. The van der Waals surface area contributed by atoms with Crippen LogP contribution in [0.25, 0.3) is 0 Å². The summed E-state index contributed by atoms with van der Waals surface area (Å²) in [4.78, 5) is 12.0. The number of benzene rings is 1. The van der Waals surface area contributed by atoms with Gasteiger partial charge in [-0.1, -0.05) is 13.8 Å². The first-order valence-electron chi connectivity index (χ1n) is 6.33. The van der Waals surface area contributed by atoms with E-state index in [9.17, 15) is 9.90 Å². The number of rotatable bonds is 6. The Kier molecular flexibility index (Phi) is 5.63. The van der Waals surface area contributed by atoms with E-state index in [1.807, 2.05) is 13.8 Å². The molecular formula is C14H22N2O3. The molecule has 0 saturated heterocycles. The third-order valence-corrected chi connectivity index (χ3v) is 2.71. The van der Waals surface area contributed by atoms with Crippen molar-refractivity contribution >= 4 is 11.6 Å². The van der Waals surface area contributed by atoms with E-state index in [1.165, 1.54) is 7.11 Å². The molecule has 19 heavy (non-hydrogen) atoms. The summed E-state index contributed by atoms with van der Waals surface area (Å²) in [6.07, 6.45) is 0.102. The molecule has 0 heterocycles. The maximum atomic E-state index is 12.0. The fraction of sp³-hybridized carbons (Fsp3) is 0.500. The maximum Gasteiger partial charge on any atom is 0.255 e. The molecule has 0 fully saturated rings. The van der Waals surface area contributed by atoms with Crippen LogP contribution in [0.4, 0.5) is 5.69 Å². The second-order valence-corrected chi connectivity index (χ2v) is 4.95. The molecule has 1 amide bonds. The van der Waals surface area contributed by atoms with Gasteiger partial charge in [-0.2, -0.15) is 0 Å². The second kappa shape index (κ2) is 6.99. The largest absolute Gasteiger partial charge is 0.496 e. The molecule has 0 aliphatic heterocycles. The zero-order valence-electron chi connectivity index (χ0n) is 11.6. The molecule has 1 aromatic rings. The van der Waals surface area contributed by atoms with Crippen molar-refractivity contribution in [3.8, 4) is 5.75 Å². The highest BCUT2D eigenvalue weighted by Crippen LogP contribution is 2.20. The number of nitrogen functional groups attached to an aromatic ring is 1. The molecule has 1 aromatic carbocycles. The van der Waals surface area contributed by atoms with Crippen LogP contribution < -0.4 is 15.8 Å². The van der Waals surface area contributed by atoms with E-state index in [2.05, 4.69) is 5.32 Å². The number of ether oxygens (including phenoxy) is 1. The van der Waals surface area contributed by atoms with Crippen molar-refractivity contribution in [2.24, 2.45) is 5.92 Å². The van der Waals surface area contributed by atoms with Crippen LogP contribution >= 0.6 is 0 Å². The highest BCUT2D eigenvalue weighted by Gasteiger charge is 2.14. The van der Waals surface area contributed by atoms with Crippen LogP contribution in [0.3, 0.4) is 0 Å². The summed E-state index contributed by atoms with van der Waals surface area (Å²) in [5.41, 5.74) is 6.53. The van der Waals surface area contributed by atoms with Gasteiger partial charge in [0.15, 0.2) is 0 Å². The van der Waals surface area contributed by atoms with Crippen LogP contribution in [0.15, 0.2) is 18.2 Å². The van der Waals surface area contributed by atoms with Gasteiger partial charge in [0.25, 0.3) is 5.91 Å². The van der Waals surface area contributed by atoms with Crippen LogP contribution in [-0.2, 0) is 0 Å². The van der Waals surface area contributed by atoms with Gasteiger partial charge in [0.05, 0.1) is 18.8 Å². The fourth-order valence-corrected chi connectivity index (χ4v) is 1.84. The number of carbonyl (C=O) groups excluding carboxylic acids is 1. The molecule has 0 saturated carbocycles. The number of aliphatic hydroxyl groups excluding tert-OH is 1. The predicted octanol–water partition coefficient (Wildman–Crippen LogP) is 1.41. The summed E-state index contributed by atoms with van der Waals surface area (Å²) in [7, 11) is 1.50. The van der Waals surface area contributed by atoms with Crippen molar-refractivity contribution in [3.05, 3.63) is 23.8 Å². The lowest BCUT2D eigenvalue weighted by atomic mass is 10.1. The predicted molar refractivity (Wildman–Crippen MR) is 75.2 cm³/mol. The highest BCUT2D eigenvalue weighted by molar-refractivity contribution is 5.97. The normalized spacial score (nSPS) is 12.3. The van der Waals surface area contributed by atoms with Crippen LogP contribution in [0, 0.1) is 5.92 Å². The first kappa shape index (κ1) is 15.3. The van der Waals surface area contributed by atoms with Crippen molar-refractivity contribution in [2.45, 2.75) is 26.4 Å². The number of nitrogens with one attached hydrogen (secondary N) is 1. The van der Waals surface area contributed by atoms with E-state index in [1.54, 1.807) is 18.2 Å². The Morgan fingerprint density at radius 1 is 1.47 bits per heavy atom. The third kappa shape index (κ3) is 4.79. The van der Waals surface area contributed by atoms with Crippen LogP contribution in [0.5, 0.6) is 5.75 Å². The molecule has 5 nitrogen and oxygen atoms in total. The Hall–Kier alpha value is -1.75. The minimum atomic E-state index is -0.545. The quantitative estimate of drug-likeness (QED) is 0.680. The average molecular weight is 266 g/mol. The standard InChI is InChI=1S/C14H22N2O3/c1-9(2)6-11(17)8-16-14(18)12-7-10(15)4-5-13(12)19-3/h4-5,7,9,11,17H,6,8,15H2,1-3H3,(H,16,18). The molecule has 4 N–H and O–H groups in total. The second-order valence-electron chi connectivity index (χ2n) is 4.95. The minimum absolute atomic E-state index is 0.217. The molecule has 0 radical (unpaired) electrons. The molecule has 106 valence electrons. The van der Waals surface area contributed by atoms with Crippen molar-refractivity contribution in [3.63, 3.8) is 0 Å². The maximum absolute atomic E-state index is 12.0. The van der Waals surface area contributed by atoms with Crippen LogP contribution in [-0.4, -0.2) is 30.8 Å². The Labute approximate surface area is 113 Å². The number of carbonyl (C=O) groups is 1. The monoisotopic (exact) mass is 266 g/mol. The van der Waals surface area contributed by atoms with Gasteiger partial charge in [-0.3, -0.25) is 4.79 Å². The molecule has 5 heteroatoms. The van der Waals surface area contributed by atoms with E-state index >= 15 is 0 Å². The lowest BCUT2D eigenvalue weighted by Gasteiger charge is -2.15. The lowest BCUT2D eigenvalue weighted by Crippen LogP contribution is -2.33. The summed E-state index contributed by atoms with van der Waals surface area (Å²) in [5.74, 6) is 0.547. The van der Waals surface area contributed by atoms with E-state index < -0.39 is 6.10 Å². The molecule has 0 aliphatic carbocycles. The molecule has 0 aromatic heterocycles. The number of nitrogens with two attached hydrogens (primary N) is 1. The number of amides is 1. The smallest absolute Gasteiger partial charge is 0.255 e. The summed E-state index contributed by atoms with van der Waals surface area (Å²) in [6.45, 7) is 4.26. The van der Waals surface area contributed by atoms with Gasteiger partial charge >= 0.3 is 0 Å². The Morgan fingerprint density at radius 2 is 2.16 bits per heavy atom. The fourth-order valence-electron chi connectivity index (χ4n) is 1.84. The third-order valence-electron chi connectivity index (χ3n) is 2.71. The SMILES string of the molecule is COc1ccc(N)cc1C(=O)NCC(O)CC(C)C. The van der Waals surface area contributed by atoms with Gasteiger partial charge in [0, 0.05) is 12.2 Å². The summed E-state index contributed by atoms with van der Waals surface area (Å²) in [6, 6.07) is 4.88. The number of anilines is 1. The van der Waals surface area contributed by atoms with Gasteiger partial charge in [-0.15, -0.1) is 0 Å². The van der Waals surface area contributed by atoms with Crippen molar-refractivity contribution in [1.29, 1.82) is 0 Å². The average Bonchev–Trinajstić information content (AvgIpc) is 2.35. The molecule has 0 spiro atoms. The number of hydrogen-bond donors (Lipinski definition) is 3. The van der Waals surface area contributed by atoms with Gasteiger partial charge in [-0.05, 0) is 30.5 Å². The highest BCUT2D eigenvalue weighted by atomic mass is 16.5. The van der Waals surface area contributed by atoms with E-state index in [0.717, 1.165) is 0 Å². The lowest BCUT2D eigenvalue weighted by molar-refractivity contribution is 0.0897. The Bertz CT molecular complexity index is 433. The van der Waals surface area contributed by atoms with Crippen LogP contribution in [0.1, 0.15) is 30.6 Å². The van der Waals surface area contributed by atoms with E-state index in [4.69, 9.17) is 10.5 Å². The van der Waals surface area contributed by atoms with E-state index in [-0.39, 0.29) is 12.5 Å². The zero-order valence-corrected chi connectivity index (χ0v) is 11.6. The molecule has 1 atom stereocenters. The topological polar surface area (TPSA) is 84.6 Å². The first-order chi connectivity index (χ1) is 8.93.